The van der Waals surface area contributed by atoms with Crippen LogP contribution in [0.5, 0.6) is 11.5 Å². The van der Waals surface area contributed by atoms with Gasteiger partial charge in [-0.2, -0.15) is 0 Å². The summed E-state index contributed by atoms with van der Waals surface area (Å²) in [5.41, 5.74) is 7.72. The Morgan fingerprint density at radius 3 is 2.50 bits per heavy atom. The zero-order valence-corrected chi connectivity index (χ0v) is 12.6. The fraction of sp³-hybridized carbons (Fsp3) is 0.0588. The van der Waals surface area contributed by atoms with Gasteiger partial charge in [-0.1, -0.05) is 41.9 Å². The third-order valence-corrected chi connectivity index (χ3v) is 3.56. The van der Waals surface area contributed by atoms with Crippen molar-refractivity contribution in [2.45, 2.75) is 0 Å². The van der Waals surface area contributed by atoms with Crippen molar-refractivity contribution in [1.82, 2.24) is 0 Å². The Morgan fingerprint density at radius 2 is 1.82 bits per heavy atom. The van der Waals surface area contributed by atoms with E-state index in [1.165, 1.54) is 0 Å². The van der Waals surface area contributed by atoms with Crippen molar-refractivity contribution in [1.29, 1.82) is 0 Å². The summed E-state index contributed by atoms with van der Waals surface area (Å²) in [7, 11) is 1.55. The van der Waals surface area contributed by atoms with Crippen molar-refractivity contribution in [3.8, 4) is 33.9 Å². The van der Waals surface area contributed by atoms with Crippen LogP contribution in [0.3, 0.4) is 0 Å². The molecule has 0 amide bonds. The number of methoxy groups -OCH3 is 1. The number of benzene rings is 2. The summed E-state index contributed by atoms with van der Waals surface area (Å²) in [6, 6.07) is 14.4. The second-order valence-electron chi connectivity index (χ2n) is 4.76. The number of nitrogens with two attached hydrogens (primary N) is 1. The maximum atomic E-state index is 10.5. The lowest BCUT2D eigenvalue weighted by molar-refractivity contribution is 0.415. The number of nitrogen functional groups attached to an aromatic ring is 1. The number of aromatic hydroxyl groups is 1. The lowest BCUT2D eigenvalue weighted by Gasteiger charge is -2.05. The molecule has 0 aliphatic rings. The van der Waals surface area contributed by atoms with Crippen molar-refractivity contribution in [2.24, 2.45) is 0 Å². The second kappa shape index (κ2) is 5.66. The van der Waals surface area contributed by atoms with E-state index in [4.69, 9.17) is 26.5 Å². The first-order chi connectivity index (χ1) is 10.6. The summed E-state index contributed by atoms with van der Waals surface area (Å²) in [5.74, 6) is 1.00. The topological polar surface area (TPSA) is 68.6 Å². The zero-order valence-electron chi connectivity index (χ0n) is 11.8. The van der Waals surface area contributed by atoms with E-state index >= 15 is 0 Å². The Bertz CT molecular complexity index is 812. The summed E-state index contributed by atoms with van der Waals surface area (Å²) >= 11 is 6.07. The average molecular weight is 316 g/mol. The molecule has 112 valence electrons. The van der Waals surface area contributed by atoms with Crippen molar-refractivity contribution in [3.05, 3.63) is 53.6 Å². The first kappa shape index (κ1) is 14.4. The van der Waals surface area contributed by atoms with Crippen LogP contribution in [0, 0.1) is 0 Å². The first-order valence-electron chi connectivity index (χ1n) is 6.61. The summed E-state index contributed by atoms with van der Waals surface area (Å²) in [6.45, 7) is 0. The van der Waals surface area contributed by atoms with Gasteiger partial charge in [0, 0.05) is 10.6 Å². The summed E-state index contributed by atoms with van der Waals surface area (Å²) < 4.78 is 10.7. The molecule has 0 aliphatic heterocycles. The molecule has 0 bridgehead atoms. The van der Waals surface area contributed by atoms with Crippen LogP contribution < -0.4 is 10.5 Å². The van der Waals surface area contributed by atoms with Gasteiger partial charge in [-0.05, 0) is 23.8 Å². The number of halogens is 1. The highest BCUT2D eigenvalue weighted by Crippen LogP contribution is 2.46. The number of furan rings is 1. The monoisotopic (exact) mass is 315 g/mol. The van der Waals surface area contributed by atoms with E-state index < -0.39 is 0 Å². The smallest absolute Gasteiger partial charge is 0.202 e. The van der Waals surface area contributed by atoms with E-state index in [9.17, 15) is 5.11 Å². The molecule has 0 saturated heterocycles. The van der Waals surface area contributed by atoms with Crippen molar-refractivity contribution >= 4 is 17.5 Å². The summed E-state index contributed by atoms with van der Waals surface area (Å²) in [6.07, 6.45) is 0. The van der Waals surface area contributed by atoms with E-state index in [1.54, 1.807) is 25.3 Å². The normalized spacial score (nSPS) is 10.6. The summed E-state index contributed by atoms with van der Waals surface area (Å²) in [4.78, 5) is 0. The first-order valence-corrected chi connectivity index (χ1v) is 6.99. The van der Waals surface area contributed by atoms with Gasteiger partial charge in [-0.15, -0.1) is 0 Å². The molecule has 0 fully saturated rings. The van der Waals surface area contributed by atoms with Gasteiger partial charge in [-0.25, -0.2) is 0 Å². The predicted molar refractivity (Wildman–Crippen MR) is 87.2 cm³/mol. The van der Waals surface area contributed by atoms with Crippen LogP contribution in [0.25, 0.3) is 22.5 Å². The highest BCUT2D eigenvalue weighted by atomic mass is 35.5. The van der Waals surface area contributed by atoms with Gasteiger partial charge in [-0.3, -0.25) is 0 Å². The largest absolute Gasteiger partial charge is 0.504 e. The lowest BCUT2D eigenvalue weighted by Crippen LogP contribution is -1.88. The van der Waals surface area contributed by atoms with E-state index in [-0.39, 0.29) is 11.6 Å². The Kier molecular flexibility index (Phi) is 3.69. The van der Waals surface area contributed by atoms with Crippen molar-refractivity contribution < 1.29 is 14.3 Å². The number of rotatable bonds is 3. The molecule has 0 unspecified atom stereocenters. The maximum Gasteiger partial charge on any atom is 0.202 e. The number of hydrogen-bond acceptors (Lipinski definition) is 4. The van der Waals surface area contributed by atoms with Crippen LogP contribution in [0.4, 0.5) is 5.88 Å². The van der Waals surface area contributed by atoms with Crippen LogP contribution in [-0.4, -0.2) is 12.2 Å². The number of ether oxygens (including phenoxy) is 1. The molecule has 3 aromatic rings. The molecule has 0 spiro atoms. The lowest BCUT2D eigenvalue weighted by atomic mass is 10.0. The molecular weight excluding hydrogens is 302 g/mol. The van der Waals surface area contributed by atoms with E-state index in [0.717, 1.165) is 5.56 Å². The zero-order chi connectivity index (χ0) is 15.7. The third-order valence-electron chi connectivity index (χ3n) is 3.34. The van der Waals surface area contributed by atoms with E-state index in [2.05, 4.69) is 0 Å². The van der Waals surface area contributed by atoms with Gasteiger partial charge in [0.1, 0.15) is 5.75 Å². The number of hydrogen-bond donors (Lipinski definition) is 2. The third kappa shape index (κ3) is 2.49. The van der Waals surface area contributed by atoms with Gasteiger partial charge < -0.3 is 20.0 Å². The van der Waals surface area contributed by atoms with Crippen LogP contribution in [-0.2, 0) is 0 Å². The quantitative estimate of drug-likeness (QED) is 0.743. The molecule has 2 aromatic carbocycles. The van der Waals surface area contributed by atoms with Crippen molar-refractivity contribution in [2.75, 3.05) is 12.8 Å². The van der Waals surface area contributed by atoms with Gasteiger partial charge in [0.2, 0.25) is 5.88 Å². The molecule has 0 saturated carbocycles. The van der Waals surface area contributed by atoms with E-state index in [1.807, 2.05) is 30.3 Å². The van der Waals surface area contributed by atoms with Gasteiger partial charge >= 0.3 is 0 Å². The number of anilines is 1. The highest BCUT2D eigenvalue weighted by Gasteiger charge is 2.21. The molecule has 3 rings (SSSR count). The molecule has 22 heavy (non-hydrogen) atoms. The molecule has 0 atom stereocenters. The van der Waals surface area contributed by atoms with Crippen molar-refractivity contribution in [3.63, 3.8) is 0 Å². The van der Waals surface area contributed by atoms with Crippen LogP contribution in [0.2, 0.25) is 5.02 Å². The Morgan fingerprint density at radius 1 is 1.09 bits per heavy atom. The minimum atomic E-state index is -0.0204. The fourth-order valence-electron chi connectivity index (χ4n) is 2.33. The Balaban J connectivity index is 2.17. The minimum Gasteiger partial charge on any atom is -0.504 e. The van der Waals surface area contributed by atoms with Gasteiger partial charge in [0.25, 0.3) is 0 Å². The second-order valence-corrected chi connectivity index (χ2v) is 5.20. The molecule has 0 radical (unpaired) electrons. The minimum absolute atomic E-state index is 0.0204. The van der Waals surface area contributed by atoms with Crippen LogP contribution >= 0.6 is 11.6 Å². The van der Waals surface area contributed by atoms with Gasteiger partial charge in [0.05, 0.1) is 12.7 Å². The predicted octanol–water partition coefficient (Wildman–Crippen LogP) is 4.56. The molecular formula is C17H14ClNO3. The van der Waals surface area contributed by atoms with Gasteiger partial charge in [0.15, 0.2) is 11.5 Å². The Labute approximate surface area is 132 Å². The maximum absolute atomic E-state index is 10.5. The van der Waals surface area contributed by atoms with Crippen LogP contribution in [0.1, 0.15) is 0 Å². The Hall–Kier alpha value is -2.59. The molecule has 1 aromatic heterocycles. The van der Waals surface area contributed by atoms with E-state index in [0.29, 0.717) is 27.7 Å². The molecule has 3 N–H and O–H groups in total. The fourth-order valence-corrected chi connectivity index (χ4v) is 2.55. The molecule has 0 aliphatic carbocycles. The molecule has 5 heteroatoms. The average Bonchev–Trinajstić information content (AvgIpc) is 2.82. The molecule has 1 heterocycles. The highest BCUT2D eigenvalue weighted by molar-refractivity contribution is 6.31. The molecule has 4 nitrogen and oxygen atoms in total. The SMILES string of the molecule is COc1cc(Cl)cc(-c2c(N)oc(-c3ccccc3)c2O)c1. The standard InChI is InChI=1S/C17H14ClNO3/c1-21-13-8-11(7-12(18)9-13)14-15(20)16(22-17(14)19)10-5-3-2-4-6-10/h2-9,20H,19H2,1H3. The summed E-state index contributed by atoms with van der Waals surface area (Å²) in [5, 5.41) is 11.0. The van der Waals surface area contributed by atoms with Crippen LogP contribution in [0.15, 0.2) is 52.9 Å².